The zero-order valence-electron chi connectivity index (χ0n) is 10.5. The molecule has 0 bridgehead atoms. The lowest BCUT2D eigenvalue weighted by Crippen LogP contribution is -2.08. The molecule has 2 aromatic rings. The van der Waals surface area contributed by atoms with Crippen molar-refractivity contribution in [1.82, 2.24) is 9.55 Å². The maximum Gasteiger partial charge on any atom is 0.303 e. The third-order valence-corrected chi connectivity index (χ3v) is 2.87. The number of carbonyl (C=O) groups excluding carboxylic acids is 1. The zero-order valence-corrected chi connectivity index (χ0v) is 10.5. The van der Waals surface area contributed by atoms with E-state index in [0.717, 1.165) is 5.56 Å². The Morgan fingerprint density at radius 2 is 1.89 bits per heavy atom. The van der Waals surface area contributed by atoms with Gasteiger partial charge in [-0.2, -0.15) is 0 Å². The van der Waals surface area contributed by atoms with E-state index in [-0.39, 0.29) is 18.6 Å². The molecule has 0 saturated carbocycles. The average molecular weight is 258 g/mol. The van der Waals surface area contributed by atoms with Crippen LogP contribution in [0.4, 0.5) is 0 Å². The fourth-order valence-electron chi connectivity index (χ4n) is 1.87. The van der Waals surface area contributed by atoms with Gasteiger partial charge in [0.25, 0.3) is 0 Å². The Morgan fingerprint density at radius 3 is 2.53 bits per heavy atom. The van der Waals surface area contributed by atoms with E-state index < -0.39 is 5.97 Å². The summed E-state index contributed by atoms with van der Waals surface area (Å²) < 4.78 is 1.69. The molecule has 1 aromatic heterocycles. The summed E-state index contributed by atoms with van der Waals surface area (Å²) in [5.41, 5.74) is 1.35. The third kappa shape index (κ3) is 2.88. The van der Waals surface area contributed by atoms with Crippen LogP contribution in [0, 0.1) is 0 Å². The van der Waals surface area contributed by atoms with Crippen molar-refractivity contribution >= 4 is 11.8 Å². The van der Waals surface area contributed by atoms with Crippen LogP contribution in [0.15, 0.2) is 36.5 Å². The summed E-state index contributed by atoms with van der Waals surface area (Å²) in [6, 6.07) is 9.53. The number of Topliss-reactive ketones (excluding diaryl/α,β-unsaturated/α-hetero) is 1. The minimum absolute atomic E-state index is 0.0108. The van der Waals surface area contributed by atoms with Crippen LogP contribution in [0.3, 0.4) is 0 Å². The van der Waals surface area contributed by atoms with E-state index in [4.69, 9.17) is 5.11 Å². The summed E-state index contributed by atoms with van der Waals surface area (Å²) in [5.74, 6) is -0.488. The minimum atomic E-state index is -0.973. The van der Waals surface area contributed by atoms with Crippen LogP contribution in [0.2, 0.25) is 0 Å². The number of aliphatic carboxylic acids is 1. The van der Waals surface area contributed by atoms with E-state index in [1.807, 2.05) is 30.3 Å². The maximum absolute atomic E-state index is 11.9. The van der Waals surface area contributed by atoms with Crippen LogP contribution in [0.25, 0.3) is 11.4 Å². The van der Waals surface area contributed by atoms with Gasteiger partial charge in [0.2, 0.25) is 0 Å². The van der Waals surface area contributed by atoms with E-state index in [0.29, 0.717) is 11.5 Å². The molecule has 98 valence electrons. The molecule has 0 atom stereocenters. The van der Waals surface area contributed by atoms with E-state index in [1.54, 1.807) is 11.6 Å². The van der Waals surface area contributed by atoms with Gasteiger partial charge in [0.1, 0.15) is 11.5 Å². The topological polar surface area (TPSA) is 72.2 Å². The molecule has 1 aromatic carbocycles. The Balaban J connectivity index is 2.24. The minimum Gasteiger partial charge on any atom is -0.481 e. The van der Waals surface area contributed by atoms with E-state index in [9.17, 15) is 9.59 Å². The normalized spacial score (nSPS) is 10.4. The second-order valence-corrected chi connectivity index (χ2v) is 4.21. The molecule has 1 N–H and O–H groups in total. The number of aromatic nitrogens is 2. The zero-order chi connectivity index (χ0) is 13.8. The Kier molecular flexibility index (Phi) is 3.75. The highest BCUT2D eigenvalue weighted by molar-refractivity contribution is 5.96. The second-order valence-electron chi connectivity index (χ2n) is 4.21. The summed E-state index contributed by atoms with van der Waals surface area (Å²) in [6.45, 7) is 0. The first kappa shape index (κ1) is 13.0. The van der Waals surface area contributed by atoms with E-state index in [1.165, 1.54) is 6.20 Å². The summed E-state index contributed by atoms with van der Waals surface area (Å²) >= 11 is 0. The number of benzene rings is 1. The monoisotopic (exact) mass is 258 g/mol. The summed E-state index contributed by atoms with van der Waals surface area (Å²) in [4.78, 5) is 26.6. The van der Waals surface area contributed by atoms with Crippen molar-refractivity contribution in [3.8, 4) is 11.4 Å². The maximum atomic E-state index is 11.9. The highest BCUT2D eigenvalue weighted by Crippen LogP contribution is 2.19. The Labute approximate surface area is 110 Å². The number of hydrogen-bond donors (Lipinski definition) is 1. The van der Waals surface area contributed by atoms with Crippen molar-refractivity contribution in [3.63, 3.8) is 0 Å². The number of carboxylic acids is 1. The smallest absolute Gasteiger partial charge is 0.303 e. The molecule has 0 aliphatic rings. The fraction of sp³-hybridized carbons (Fsp3) is 0.214. The standard InChI is InChI=1S/C14H14N2O3/c1-16-11(12(17)7-8-13(18)19)9-15-14(16)10-5-3-2-4-6-10/h2-6,9H,7-8H2,1H3,(H,18,19). The van der Waals surface area contributed by atoms with Gasteiger partial charge in [-0.05, 0) is 0 Å². The van der Waals surface area contributed by atoms with Gasteiger partial charge in [0.05, 0.1) is 12.6 Å². The molecule has 5 nitrogen and oxygen atoms in total. The number of carboxylic acid groups (broad SMARTS) is 1. The highest BCUT2D eigenvalue weighted by atomic mass is 16.4. The van der Waals surface area contributed by atoms with Crippen LogP contribution in [-0.2, 0) is 11.8 Å². The molecule has 5 heteroatoms. The number of hydrogen-bond acceptors (Lipinski definition) is 3. The lowest BCUT2D eigenvalue weighted by atomic mass is 10.2. The molecule has 1 heterocycles. The lowest BCUT2D eigenvalue weighted by Gasteiger charge is -2.04. The molecule has 0 radical (unpaired) electrons. The molecular formula is C14H14N2O3. The highest BCUT2D eigenvalue weighted by Gasteiger charge is 2.15. The van der Waals surface area contributed by atoms with Crippen molar-refractivity contribution < 1.29 is 14.7 Å². The van der Waals surface area contributed by atoms with Gasteiger partial charge in [0, 0.05) is 19.0 Å². The van der Waals surface area contributed by atoms with Crippen molar-refractivity contribution in [2.75, 3.05) is 0 Å². The average Bonchev–Trinajstić information content (AvgIpc) is 2.79. The third-order valence-electron chi connectivity index (χ3n) is 2.87. The predicted octanol–water partition coefficient (Wildman–Crippen LogP) is 2.13. The number of carbonyl (C=O) groups is 2. The Hall–Kier alpha value is -2.43. The van der Waals surface area contributed by atoms with Gasteiger partial charge in [-0.25, -0.2) is 4.98 Å². The number of rotatable bonds is 5. The van der Waals surface area contributed by atoms with Crippen LogP contribution < -0.4 is 0 Å². The SMILES string of the molecule is Cn1c(C(=O)CCC(=O)O)cnc1-c1ccccc1. The van der Waals surface area contributed by atoms with E-state index in [2.05, 4.69) is 4.98 Å². The first-order chi connectivity index (χ1) is 9.09. The summed E-state index contributed by atoms with van der Waals surface area (Å²) in [7, 11) is 1.75. The molecule has 0 saturated heterocycles. The first-order valence-electron chi connectivity index (χ1n) is 5.91. The van der Waals surface area contributed by atoms with Crippen molar-refractivity contribution in [3.05, 3.63) is 42.2 Å². The Morgan fingerprint density at radius 1 is 1.21 bits per heavy atom. The van der Waals surface area contributed by atoms with Crippen molar-refractivity contribution in [1.29, 1.82) is 0 Å². The van der Waals surface area contributed by atoms with Gasteiger partial charge in [-0.15, -0.1) is 0 Å². The quantitative estimate of drug-likeness (QED) is 0.834. The van der Waals surface area contributed by atoms with Gasteiger partial charge < -0.3 is 9.67 Å². The van der Waals surface area contributed by atoms with E-state index >= 15 is 0 Å². The Bertz CT molecular complexity index is 602. The largest absolute Gasteiger partial charge is 0.481 e. The number of imidazole rings is 1. The molecule has 0 fully saturated rings. The van der Waals surface area contributed by atoms with Gasteiger partial charge in [-0.1, -0.05) is 30.3 Å². The molecule has 0 aliphatic heterocycles. The fourth-order valence-corrected chi connectivity index (χ4v) is 1.87. The van der Waals surface area contributed by atoms with Crippen LogP contribution >= 0.6 is 0 Å². The van der Waals surface area contributed by atoms with Crippen LogP contribution in [-0.4, -0.2) is 26.4 Å². The predicted molar refractivity (Wildman–Crippen MR) is 69.8 cm³/mol. The molecule has 2 rings (SSSR count). The van der Waals surface area contributed by atoms with Crippen LogP contribution in [0.5, 0.6) is 0 Å². The van der Waals surface area contributed by atoms with Gasteiger partial charge in [0.15, 0.2) is 5.78 Å². The molecule has 0 unspecified atom stereocenters. The van der Waals surface area contributed by atoms with Crippen LogP contribution in [0.1, 0.15) is 23.3 Å². The molecule has 0 aliphatic carbocycles. The van der Waals surface area contributed by atoms with Gasteiger partial charge >= 0.3 is 5.97 Å². The molecule has 0 spiro atoms. The lowest BCUT2D eigenvalue weighted by molar-refractivity contribution is -0.136. The summed E-state index contributed by atoms with van der Waals surface area (Å²) in [6.07, 6.45) is 1.32. The summed E-state index contributed by atoms with van der Waals surface area (Å²) in [5, 5.41) is 8.59. The number of ketones is 1. The molecule has 0 amide bonds. The molecular weight excluding hydrogens is 244 g/mol. The first-order valence-corrected chi connectivity index (χ1v) is 5.91. The number of nitrogens with zero attached hydrogens (tertiary/aromatic N) is 2. The molecule has 19 heavy (non-hydrogen) atoms. The van der Waals surface area contributed by atoms with Gasteiger partial charge in [-0.3, -0.25) is 9.59 Å². The van der Waals surface area contributed by atoms with Crippen molar-refractivity contribution in [2.24, 2.45) is 7.05 Å². The van der Waals surface area contributed by atoms with Crippen molar-refractivity contribution in [2.45, 2.75) is 12.8 Å². The second kappa shape index (κ2) is 5.48.